The van der Waals surface area contributed by atoms with Gasteiger partial charge in [-0.3, -0.25) is 19.2 Å². The Kier molecular flexibility index (Phi) is 44.1. The minimum absolute atomic E-state index is 0.0542. The fourth-order valence-corrected chi connectivity index (χ4v) is 13.5. The third-order valence-electron chi connectivity index (χ3n) is 17.7. The number of amides is 5. The number of pyridine rings is 7. The highest BCUT2D eigenvalue weighted by Gasteiger charge is 2.33. The first-order valence-corrected chi connectivity index (χ1v) is 43.3. The van der Waals surface area contributed by atoms with Gasteiger partial charge in [0.15, 0.2) is 0 Å². The summed E-state index contributed by atoms with van der Waals surface area (Å²) in [6.45, 7) is 4.03. The number of benzene rings is 1. The van der Waals surface area contributed by atoms with Crippen LogP contribution in [0.2, 0.25) is 25.1 Å². The number of hydrogen-bond donors (Lipinski definition) is 7. The zero-order valence-corrected chi connectivity index (χ0v) is 79.4. The fraction of sp³-hybridized carbons (Fsp3) is 0.388. The number of aliphatic hydroxyl groups excluding tert-OH is 1. The third kappa shape index (κ3) is 37.6. The molecule has 8 aromatic rings. The quantitative estimate of drug-likeness (QED) is 0.0138. The van der Waals surface area contributed by atoms with Gasteiger partial charge >= 0.3 is 51.7 Å². The number of cyclic esters (lactones) is 1. The highest BCUT2D eigenvalue weighted by atomic mass is 79.9. The molecule has 12 rings (SSSR count). The monoisotopic (exact) mass is 2180 g/mol. The van der Waals surface area contributed by atoms with Gasteiger partial charge in [0.25, 0.3) is 17.7 Å². The van der Waals surface area contributed by atoms with E-state index >= 15 is 0 Å². The average molecular weight is 2180 g/mol. The number of esters is 1. The van der Waals surface area contributed by atoms with Crippen LogP contribution in [0.5, 0.6) is 23.0 Å². The molecule has 4 aliphatic heterocycles. The van der Waals surface area contributed by atoms with E-state index in [1.165, 1.54) is 36.8 Å². The molecule has 1 atom stereocenters. The predicted octanol–water partition coefficient (Wildman–Crippen LogP) is 16.2. The molecule has 0 radical (unpaired) electrons. The number of H-pyrrole nitrogens is 1. The van der Waals surface area contributed by atoms with Crippen LogP contribution in [0.1, 0.15) is 156 Å². The van der Waals surface area contributed by atoms with Gasteiger partial charge in [-0.1, -0.05) is 64.1 Å². The van der Waals surface area contributed by atoms with Gasteiger partial charge in [-0.25, -0.2) is 44.3 Å². The van der Waals surface area contributed by atoms with Crippen molar-refractivity contribution in [2.45, 2.75) is 155 Å². The zero-order chi connectivity index (χ0) is 96.6. The van der Waals surface area contributed by atoms with Crippen LogP contribution < -0.4 is 45.8 Å². The van der Waals surface area contributed by atoms with Gasteiger partial charge in [0.1, 0.15) is 110 Å². The molecule has 11 heterocycles. The van der Waals surface area contributed by atoms with Crippen molar-refractivity contribution in [3.05, 3.63) is 208 Å². The number of ether oxygens (including phenoxy) is 7. The lowest BCUT2D eigenvalue weighted by Gasteiger charge is -2.33. The normalized spacial score (nSPS) is 14.1. The number of halogens is 17. The summed E-state index contributed by atoms with van der Waals surface area (Å²) in [6, 6.07) is 17.1. The highest BCUT2D eigenvalue weighted by molar-refractivity contribution is 9.11. The Morgan fingerprint density at radius 2 is 0.946 bits per heavy atom. The number of hydrogen-bond acceptors (Lipinski definition) is 26. The number of nitriles is 2. The number of aromatic amines is 1. The minimum Gasteiger partial charge on any atom is -0.457 e. The number of nitrogens with one attached hydrogen (secondary N) is 4. The maximum Gasteiger partial charge on any atom is 0.490 e. The largest absolute Gasteiger partial charge is 0.490 e. The second kappa shape index (κ2) is 52.6. The standard InChI is InChI=1S/C24H24F2N4O5.C18H22F2N4O4.C17H22ClF2N3O4.C6H3BrClF2NO.C5H4BBrClNO2.C5H3BrClNO.C5H3BrClN/c1-13-16(2-3-17-18(13)12-34-23(17)33)20(31)11-30-6-4-15(5-7-30)29-22(32)19-8-21(35-24(25)26)14(9-27)10-28-19;1-18(2,3)28-17(26)24-6-4-12(5-7-24)23-15(25)13-8-14(27-16(19)20)11(9-21)10-22-13;1-17(2,3)27-16(25)23-6-4-10(5-7-23)22-14(24)12-8-13(26-15(19)20)11(18)9-21-12;7-5-1-4(12-6(9)10)3(8)2-11-5;7-5-1-3(6(10)11)4(8)2-9-5;6-5-1-4(9)3(7)2-8-5;6-5-2-1-4(7)3-8-5/h2-3,8,10,15,20,24,31H,4-7,11-12H2,1H3,(H,29,32);8,10,12,16H,4-7H2,1-3H3,(H,23,25);8-10,15H,4-7H2,1-3H3,(H,22,24);1-2,6H;1-2,10-11H;1-2H,(H,8,9);1-3H/t20-;;;;;;/m0....../s1. The van der Waals surface area contributed by atoms with E-state index in [9.17, 15) is 73.8 Å². The second-order valence-electron chi connectivity index (χ2n) is 29.4. The van der Waals surface area contributed by atoms with E-state index in [-0.39, 0.29) is 107 Å². The summed E-state index contributed by atoms with van der Waals surface area (Å²) < 4.78 is 133. The predicted molar refractivity (Wildman–Crippen MR) is 473 cm³/mol. The number of β-amino-alcohol motifs (C(OH)–C–C–N with tert-alkyl or cyclic N) is 1. The van der Waals surface area contributed by atoms with E-state index in [2.05, 4.69) is 138 Å². The van der Waals surface area contributed by atoms with E-state index < -0.39 is 86.2 Å². The number of nitrogens with zero attached hydrogens (tertiary/aromatic N) is 11. The van der Waals surface area contributed by atoms with Crippen molar-refractivity contribution in [3.8, 4) is 35.1 Å². The first-order valence-electron chi connectivity index (χ1n) is 38.2. The average Bonchev–Trinajstić information content (AvgIpc) is 1.66. The van der Waals surface area contributed by atoms with Gasteiger partial charge in [-0.15, -0.1) is 0 Å². The molecule has 0 bridgehead atoms. The molecule has 0 unspecified atom stereocenters. The van der Waals surface area contributed by atoms with Crippen LogP contribution in [-0.2, 0) is 20.8 Å². The summed E-state index contributed by atoms with van der Waals surface area (Å²) in [5.74, 6) is -3.19. The summed E-state index contributed by atoms with van der Waals surface area (Å²) in [6.07, 6.45) is 10.6. The number of piperidine rings is 3. The van der Waals surface area contributed by atoms with Gasteiger partial charge in [-0.2, -0.15) is 45.6 Å². The van der Waals surface area contributed by atoms with Crippen LogP contribution in [0.15, 0.2) is 127 Å². The van der Waals surface area contributed by atoms with Crippen LogP contribution in [-0.4, -0.2) is 209 Å². The third-order valence-corrected chi connectivity index (χ3v) is 20.9. The number of likely N-dealkylation sites (tertiary alicyclic amines) is 3. The summed E-state index contributed by atoms with van der Waals surface area (Å²) in [4.78, 5) is 115. The summed E-state index contributed by atoms with van der Waals surface area (Å²) >= 11 is 40.1. The number of fused-ring (bicyclic) bond motifs is 1. The molecule has 50 heteroatoms. The lowest BCUT2D eigenvalue weighted by molar-refractivity contribution is -0.0508. The summed E-state index contributed by atoms with van der Waals surface area (Å²) in [5.41, 5.74) is 1.16. The van der Waals surface area contributed by atoms with Crippen LogP contribution in [0.3, 0.4) is 0 Å². The Balaban J connectivity index is 0.000000249. The van der Waals surface area contributed by atoms with Crippen molar-refractivity contribution < 1.29 is 112 Å². The Morgan fingerprint density at radius 3 is 1.34 bits per heavy atom. The van der Waals surface area contributed by atoms with Crippen molar-refractivity contribution in [3.63, 3.8) is 0 Å². The maximum absolute atomic E-state index is 12.6. The topological polar surface area (TPSA) is 431 Å². The zero-order valence-electron chi connectivity index (χ0n) is 69.3. The molecule has 7 aromatic heterocycles. The minimum atomic E-state index is -3.13. The number of aromatic nitrogens is 7. The lowest BCUT2D eigenvalue weighted by Crippen LogP contribution is -2.47. The Bertz CT molecular complexity index is 5320. The Hall–Kier alpha value is -9.62. The summed E-state index contributed by atoms with van der Waals surface area (Å²) in [7, 11) is -1.55. The van der Waals surface area contributed by atoms with Gasteiger partial charge in [-0.05, 0) is 186 Å². The number of rotatable bonds is 18. The van der Waals surface area contributed by atoms with Gasteiger partial charge in [0, 0.05) is 136 Å². The number of carbonyl (C=O) groups is 6. The van der Waals surface area contributed by atoms with E-state index in [1.54, 1.807) is 93.9 Å². The fourth-order valence-electron chi connectivity index (χ4n) is 11.6. The molecule has 1 aromatic carbocycles. The molecule has 7 N–H and O–H groups in total. The number of alkyl halides is 8. The van der Waals surface area contributed by atoms with Gasteiger partial charge in [0.05, 0.1) is 38.7 Å². The molecule has 0 saturated carbocycles. The SMILES string of the molecule is CC(C)(C)OC(=O)N1CCC(NC(=O)c2cc(OC(F)F)c(C#N)cn2)CC1.CC(C)(C)OC(=O)N1CCC(NC(=O)c2cc(OC(F)F)c(Cl)cn2)CC1.Cc1c([C@@H](O)CN2CCC(NC(=O)c3cc(OC(F)F)c(C#N)cn3)CC2)ccc2c1COC2=O.Clc1ccc(Br)nc1.FC(F)Oc1cc(Br)ncc1Cl.O=c1cc(Br)[nH]cc1Cl.OB(O)c1cc(Br)ncc1Cl. The highest BCUT2D eigenvalue weighted by Crippen LogP contribution is 2.33. The van der Waals surface area contributed by atoms with E-state index in [1.807, 2.05) is 6.92 Å². The molecule has 130 heavy (non-hydrogen) atoms. The molecule has 0 aliphatic carbocycles. The van der Waals surface area contributed by atoms with Gasteiger partial charge < -0.3 is 83.9 Å². The molecule has 700 valence electrons. The maximum atomic E-state index is 12.6. The van der Waals surface area contributed by atoms with Crippen molar-refractivity contribution in [1.82, 2.24) is 65.5 Å². The molecule has 32 nitrogen and oxygen atoms in total. The molecule has 5 amide bonds. The second-order valence-corrected chi connectivity index (χ2v) is 34.7. The van der Waals surface area contributed by atoms with Crippen molar-refractivity contribution >= 4 is 170 Å². The van der Waals surface area contributed by atoms with Crippen LogP contribution >= 0.6 is 122 Å². The molecule has 0 spiro atoms. The van der Waals surface area contributed by atoms with Crippen LogP contribution in [0.4, 0.5) is 44.7 Å². The van der Waals surface area contributed by atoms with Crippen molar-refractivity contribution in [2.24, 2.45) is 0 Å². The Morgan fingerprint density at radius 1 is 0.546 bits per heavy atom. The molecule has 3 saturated heterocycles. The smallest absolute Gasteiger partial charge is 0.457 e. The van der Waals surface area contributed by atoms with E-state index in [4.69, 9.17) is 92.8 Å². The van der Waals surface area contributed by atoms with Crippen molar-refractivity contribution in [2.75, 3.05) is 45.8 Å². The number of carbonyl (C=O) groups excluding carboxylic acids is 6. The molecule has 3 fully saturated rings. The first kappa shape index (κ1) is 109. The van der Waals surface area contributed by atoms with E-state index in [0.29, 0.717) is 109 Å². The first-order chi connectivity index (χ1) is 61.1. The summed E-state index contributed by atoms with van der Waals surface area (Å²) in [5, 5.41) is 55.6. The molecular formula is C80H81BBr4Cl5F8N15O17. The van der Waals surface area contributed by atoms with Crippen molar-refractivity contribution in [1.29, 1.82) is 10.5 Å². The van der Waals surface area contributed by atoms with Crippen LogP contribution in [0.25, 0.3) is 0 Å². The lowest BCUT2D eigenvalue weighted by atomic mass is 9.81. The van der Waals surface area contributed by atoms with E-state index in [0.717, 1.165) is 58.1 Å². The number of aliphatic hydroxyl groups is 1. The molecular weight excluding hydrogens is 2100 g/mol. The van der Waals surface area contributed by atoms with Crippen LogP contribution in [0, 0.1) is 29.6 Å². The Labute approximate surface area is 797 Å². The van der Waals surface area contributed by atoms with Gasteiger partial charge in [0.2, 0.25) is 5.43 Å². The molecule has 4 aliphatic rings.